The number of aromatic nitrogens is 1. The number of anilines is 2. The number of nitrogens with zero attached hydrogens (tertiary/aromatic N) is 2. The molecule has 13 heteroatoms. The maximum atomic E-state index is 13.4. The van der Waals surface area contributed by atoms with Crippen LogP contribution >= 0.6 is 11.6 Å². The Morgan fingerprint density at radius 1 is 0.964 bits per heavy atom. The first-order chi connectivity index (χ1) is 26.6. The molecular formula is C42H44ClN5O7. The summed E-state index contributed by atoms with van der Waals surface area (Å²) >= 11 is 6.41. The van der Waals surface area contributed by atoms with E-state index >= 15 is 0 Å². The van der Waals surface area contributed by atoms with Gasteiger partial charge in [-0.3, -0.25) is 39.2 Å². The Kier molecular flexibility index (Phi) is 11.4. The van der Waals surface area contributed by atoms with Crippen molar-refractivity contribution < 1.29 is 33.4 Å². The van der Waals surface area contributed by atoms with Gasteiger partial charge in [0, 0.05) is 47.9 Å². The molecule has 1 saturated carbocycles. The number of hydrogen-bond donors (Lipinski definition) is 3. The van der Waals surface area contributed by atoms with Crippen LogP contribution in [0.1, 0.15) is 83.2 Å². The van der Waals surface area contributed by atoms with E-state index in [9.17, 15) is 24.0 Å². The third-order valence-corrected chi connectivity index (χ3v) is 11.3. The summed E-state index contributed by atoms with van der Waals surface area (Å²) in [4.78, 5) is 69.2. The summed E-state index contributed by atoms with van der Waals surface area (Å²) in [6, 6.07) is 17.6. The number of piperidine rings is 1. The number of halogens is 1. The third kappa shape index (κ3) is 8.20. The minimum atomic E-state index is -1.03. The molecule has 3 N–H and O–H groups in total. The number of benzene rings is 3. The van der Waals surface area contributed by atoms with Crippen LogP contribution in [0.25, 0.3) is 10.9 Å². The summed E-state index contributed by atoms with van der Waals surface area (Å²) < 4.78 is 11.6. The lowest BCUT2D eigenvalue weighted by atomic mass is 9.73. The fourth-order valence-electron chi connectivity index (χ4n) is 7.96. The van der Waals surface area contributed by atoms with Gasteiger partial charge in [-0.1, -0.05) is 36.2 Å². The molecule has 7 rings (SSSR count). The summed E-state index contributed by atoms with van der Waals surface area (Å²) in [5.74, 6) is -1.23. The van der Waals surface area contributed by atoms with Crippen LogP contribution in [0.3, 0.4) is 0 Å². The van der Waals surface area contributed by atoms with E-state index in [0.717, 1.165) is 36.1 Å². The number of pyridine rings is 1. The van der Waals surface area contributed by atoms with Gasteiger partial charge in [-0.25, -0.2) is 0 Å². The molecule has 0 spiro atoms. The molecule has 0 bridgehead atoms. The van der Waals surface area contributed by atoms with Gasteiger partial charge >= 0.3 is 0 Å². The summed E-state index contributed by atoms with van der Waals surface area (Å²) in [5, 5.41) is 10.0. The van der Waals surface area contributed by atoms with Gasteiger partial charge in [0.25, 0.3) is 11.8 Å². The Morgan fingerprint density at radius 2 is 1.78 bits per heavy atom. The molecule has 5 amide bonds. The van der Waals surface area contributed by atoms with E-state index in [0.29, 0.717) is 40.5 Å². The van der Waals surface area contributed by atoms with Gasteiger partial charge in [-0.05, 0) is 98.9 Å². The maximum Gasteiger partial charge on any atom is 0.264 e. The number of carbonyl (C=O) groups is 5. The Morgan fingerprint density at radius 3 is 2.58 bits per heavy atom. The Hall–Kier alpha value is -5.33. The maximum absolute atomic E-state index is 13.4. The van der Waals surface area contributed by atoms with Crippen molar-refractivity contribution in [2.24, 2.45) is 11.8 Å². The average Bonchev–Trinajstić information content (AvgIpc) is 3.44. The number of hydrogen-bond acceptors (Lipinski definition) is 9. The molecule has 3 aromatic carbocycles. The number of imide groups is 2. The zero-order valence-corrected chi connectivity index (χ0v) is 31.6. The van der Waals surface area contributed by atoms with Crippen molar-refractivity contribution in [1.29, 1.82) is 0 Å². The monoisotopic (exact) mass is 765 g/mol. The molecule has 1 aliphatic carbocycles. The highest BCUT2D eigenvalue weighted by atomic mass is 35.5. The first-order valence-electron chi connectivity index (χ1n) is 18.8. The second kappa shape index (κ2) is 16.6. The molecule has 1 saturated heterocycles. The van der Waals surface area contributed by atoms with Gasteiger partial charge in [0.2, 0.25) is 17.7 Å². The number of rotatable bonds is 13. The number of fused-ring (bicyclic) bond motifs is 2. The number of nitrogens with one attached hydrogen (secondary N) is 3. The number of amides is 5. The molecular weight excluding hydrogens is 722 g/mol. The second-order valence-electron chi connectivity index (χ2n) is 14.5. The molecule has 1 aromatic heterocycles. The normalized spacial score (nSPS) is 20.3. The first kappa shape index (κ1) is 38.0. The van der Waals surface area contributed by atoms with Gasteiger partial charge in [0.15, 0.2) is 0 Å². The fourth-order valence-corrected chi connectivity index (χ4v) is 8.13. The van der Waals surface area contributed by atoms with Crippen molar-refractivity contribution in [3.05, 3.63) is 94.1 Å². The fraction of sp³-hybridized carbons (Fsp3) is 0.381. The molecule has 2 aliphatic heterocycles. The van der Waals surface area contributed by atoms with Gasteiger partial charge in [-0.15, -0.1) is 0 Å². The van der Waals surface area contributed by atoms with E-state index in [2.05, 4.69) is 52.1 Å². The van der Waals surface area contributed by atoms with Crippen LogP contribution in [0.4, 0.5) is 11.4 Å². The van der Waals surface area contributed by atoms with Crippen LogP contribution in [0, 0.1) is 18.8 Å². The van der Waals surface area contributed by atoms with E-state index < -0.39 is 29.7 Å². The highest BCUT2D eigenvalue weighted by molar-refractivity contribution is 6.32. The van der Waals surface area contributed by atoms with Crippen LogP contribution in [0.5, 0.6) is 5.75 Å². The number of ether oxygens (including phenoxy) is 2. The molecule has 4 aromatic rings. The predicted molar refractivity (Wildman–Crippen MR) is 208 cm³/mol. The lowest BCUT2D eigenvalue weighted by molar-refractivity contribution is -0.136. The summed E-state index contributed by atoms with van der Waals surface area (Å²) in [6.45, 7) is 5.17. The Balaban J connectivity index is 0.847. The van der Waals surface area contributed by atoms with Crippen LogP contribution in [-0.2, 0) is 19.1 Å². The van der Waals surface area contributed by atoms with Crippen molar-refractivity contribution in [3.8, 4) is 5.75 Å². The van der Waals surface area contributed by atoms with Gasteiger partial charge < -0.3 is 20.1 Å². The smallest absolute Gasteiger partial charge is 0.264 e. The minimum Gasteiger partial charge on any atom is -0.490 e. The van der Waals surface area contributed by atoms with Crippen molar-refractivity contribution in [3.63, 3.8) is 0 Å². The number of aryl methyl sites for hydroxylation is 1. The standard InChI is InChI=1S/C42H44ClN5O7/c1-24-6-13-33-31(22-24)29(16-17-44-33)27-9-7-26(8-10-27)25(2)39(50)46-28-11-12-32(43)36(23-28)55-21-20-54-19-18-45-34-5-3-4-30-38(34)42(53)48(41(30)52)35-14-15-37(49)47-40(35)51/h3-6,11-13,16-17,22-23,25-27,35,45H,7-10,14-15,18-21H2,1-2H3,(H,46,50)(H,47,49,51)/t25-,26-,27+,35?/m1/s1. The Bertz CT molecular complexity index is 2150. The first-order valence-corrected chi connectivity index (χ1v) is 19.2. The zero-order chi connectivity index (χ0) is 38.6. The van der Waals surface area contributed by atoms with Gasteiger partial charge in [0.05, 0.1) is 34.9 Å². The average molecular weight is 766 g/mol. The topological polar surface area (TPSA) is 156 Å². The van der Waals surface area contributed by atoms with Crippen LogP contribution in [-0.4, -0.2) is 71.8 Å². The lowest BCUT2D eigenvalue weighted by Crippen LogP contribution is -2.54. The summed E-state index contributed by atoms with van der Waals surface area (Å²) in [5.41, 5.74) is 5.06. The second-order valence-corrected chi connectivity index (χ2v) is 14.9. The largest absolute Gasteiger partial charge is 0.490 e. The van der Waals surface area contributed by atoms with Gasteiger partial charge in [0.1, 0.15) is 18.4 Å². The SMILES string of the molecule is Cc1ccc2nccc([C@H]3CC[C@@H]([C@@H](C)C(=O)Nc4ccc(Cl)c(OCCOCCNc5cccc6c5C(=O)N(C5CCC(=O)NC5=O)C6=O)c4)CC3)c2c1. The van der Waals surface area contributed by atoms with Crippen molar-refractivity contribution in [1.82, 2.24) is 15.2 Å². The van der Waals surface area contributed by atoms with Gasteiger partial charge in [-0.2, -0.15) is 0 Å². The van der Waals surface area contributed by atoms with Crippen molar-refractivity contribution in [2.75, 3.05) is 37.0 Å². The molecule has 3 aliphatic rings. The number of carbonyl (C=O) groups excluding carboxylic acids is 5. The lowest BCUT2D eigenvalue weighted by Gasteiger charge is -2.32. The summed E-state index contributed by atoms with van der Waals surface area (Å²) in [6.07, 6.45) is 6.07. The quantitative estimate of drug-likeness (QED) is 0.100. The van der Waals surface area contributed by atoms with E-state index in [-0.39, 0.29) is 55.6 Å². The molecule has 2 fully saturated rings. The van der Waals surface area contributed by atoms with E-state index in [1.54, 1.807) is 36.4 Å². The molecule has 2 atom stereocenters. The van der Waals surface area contributed by atoms with E-state index in [1.807, 2.05) is 13.1 Å². The van der Waals surface area contributed by atoms with E-state index in [1.165, 1.54) is 16.5 Å². The molecule has 55 heavy (non-hydrogen) atoms. The highest BCUT2D eigenvalue weighted by Gasteiger charge is 2.45. The minimum absolute atomic E-state index is 0.0312. The molecule has 1 unspecified atom stereocenters. The Labute approximate surface area is 324 Å². The van der Waals surface area contributed by atoms with Crippen molar-refractivity contribution in [2.45, 2.75) is 64.3 Å². The zero-order valence-electron chi connectivity index (χ0n) is 30.9. The third-order valence-electron chi connectivity index (χ3n) is 11.0. The summed E-state index contributed by atoms with van der Waals surface area (Å²) in [7, 11) is 0. The molecule has 3 heterocycles. The predicted octanol–water partition coefficient (Wildman–Crippen LogP) is 6.65. The van der Waals surface area contributed by atoms with Crippen molar-refractivity contribution >= 4 is 63.4 Å². The van der Waals surface area contributed by atoms with Crippen LogP contribution in [0.15, 0.2) is 66.9 Å². The molecule has 286 valence electrons. The van der Waals surface area contributed by atoms with E-state index in [4.69, 9.17) is 21.1 Å². The molecule has 0 radical (unpaired) electrons. The highest BCUT2D eigenvalue weighted by Crippen LogP contribution is 2.41. The van der Waals surface area contributed by atoms with Crippen LogP contribution < -0.4 is 20.7 Å². The van der Waals surface area contributed by atoms with Crippen LogP contribution in [0.2, 0.25) is 5.02 Å². The molecule has 12 nitrogen and oxygen atoms in total.